The highest BCUT2D eigenvalue weighted by atomic mass is 32.1. The molecular formula is C17H19N5O3S. The molecule has 1 aromatic carbocycles. The minimum atomic E-state index is 0.169. The molecule has 0 saturated carbocycles. The molecule has 2 aromatic heterocycles. The zero-order valence-corrected chi connectivity index (χ0v) is 14.9. The number of nitrogens with one attached hydrogen (secondary N) is 1. The number of anilines is 2. The van der Waals surface area contributed by atoms with Crippen LogP contribution in [0.25, 0.3) is 10.2 Å². The van der Waals surface area contributed by atoms with Gasteiger partial charge in [0.15, 0.2) is 5.82 Å². The van der Waals surface area contributed by atoms with Crippen LogP contribution in [-0.2, 0) is 4.99 Å². The fraction of sp³-hybridized carbons (Fsp3) is 0.353. The summed E-state index contributed by atoms with van der Waals surface area (Å²) < 4.78 is 1.06. The third-order valence-electron chi connectivity index (χ3n) is 4.27. The monoisotopic (exact) mass is 373 g/mol. The molecule has 1 unspecified atom stereocenters. The zero-order chi connectivity index (χ0) is 17.8. The van der Waals surface area contributed by atoms with E-state index in [1.807, 2.05) is 24.3 Å². The van der Waals surface area contributed by atoms with Gasteiger partial charge in [-0.3, -0.25) is 4.89 Å². The van der Waals surface area contributed by atoms with E-state index in [1.165, 1.54) is 11.3 Å². The Bertz CT molecular complexity index is 841. The highest BCUT2D eigenvalue weighted by Crippen LogP contribution is 2.29. The molecule has 3 aromatic rings. The summed E-state index contributed by atoms with van der Waals surface area (Å²) in [6.45, 7) is 1.73. The van der Waals surface area contributed by atoms with Crippen molar-refractivity contribution in [2.45, 2.75) is 12.8 Å². The van der Waals surface area contributed by atoms with Crippen molar-refractivity contribution in [2.24, 2.45) is 5.92 Å². The lowest BCUT2D eigenvalue weighted by Gasteiger charge is -2.32. The van der Waals surface area contributed by atoms with E-state index < -0.39 is 0 Å². The van der Waals surface area contributed by atoms with E-state index in [4.69, 9.17) is 9.88 Å². The van der Waals surface area contributed by atoms with Crippen LogP contribution < -0.4 is 15.3 Å². The molecule has 1 atom stereocenters. The molecule has 2 N–H and O–H groups in total. The molecule has 0 spiro atoms. The molecule has 1 fully saturated rings. The van der Waals surface area contributed by atoms with Gasteiger partial charge < -0.3 is 10.0 Å². The molecule has 1 saturated heterocycles. The highest BCUT2D eigenvalue weighted by Gasteiger charge is 2.24. The lowest BCUT2D eigenvalue weighted by Crippen LogP contribution is -2.37. The van der Waals surface area contributed by atoms with Gasteiger partial charge in [-0.2, -0.15) is 5.48 Å². The standard InChI is InChI=1S/C17H19N5O3S/c23-11-12-4-3-9-22(10-12)15-16(19-8-7-18-15)24-25-21-17-20-13-5-1-2-6-14(13)26-17/h1-2,5-8,12,23H,3-4,9-11H2,(H,20,21). The number of hydrogen-bond donors (Lipinski definition) is 2. The number of rotatable bonds is 6. The van der Waals surface area contributed by atoms with Crippen LogP contribution in [0.2, 0.25) is 0 Å². The molecule has 1 aliphatic rings. The summed E-state index contributed by atoms with van der Waals surface area (Å²) in [5.41, 5.74) is 3.59. The van der Waals surface area contributed by atoms with Gasteiger partial charge >= 0.3 is 5.88 Å². The van der Waals surface area contributed by atoms with E-state index in [0.717, 1.165) is 36.1 Å². The first-order chi connectivity index (χ1) is 12.8. The smallest absolute Gasteiger partial charge is 0.301 e. The summed E-state index contributed by atoms with van der Waals surface area (Å²) in [5.74, 6) is 1.12. The van der Waals surface area contributed by atoms with Gasteiger partial charge in [0.2, 0.25) is 5.13 Å². The molecule has 26 heavy (non-hydrogen) atoms. The lowest BCUT2D eigenvalue weighted by molar-refractivity contribution is -0.182. The van der Waals surface area contributed by atoms with Crippen LogP contribution >= 0.6 is 11.3 Å². The van der Waals surface area contributed by atoms with Crippen LogP contribution in [0.1, 0.15) is 12.8 Å². The van der Waals surface area contributed by atoms with Crippen LogP contribution in [0.5, 0.6) is 5.88 Å². The van der Waals surface area contributed by atoms with Crippen molar-refractivity contribution in [1.82, 2.24) is 15.0 Å². The molecule has 0 aliphatic carbocycles. The first-order valence-corrected chi connectivity index (χ1v) is 9.27. The maximum Gasteiger partial charge on any atom is 0.301 e. The predicted octanol–water partition coefficient (Wildman–Crippen LogP) is 2.63. The molecule has 3 heterocycles. The zero-order valence-electron chi connectivity index (χ0n) is 14.0. The molecule has 0 bridgehead atoms. The molecule has 9 heteroatoms. The number of para-hydroxylation sites is 1. The van der Waals surface area contributed by atoms with E-state index >= 15 is 0 Å². The van der Waals surface area contributed by atoms with E-state index in [2.05, 4.69) is 25.3 Å². The van der Waals surface area contributed by atoms with Crippen LogP contribution in [0.15, 0.2) is 36.7 Å². The number of aromatic nitrogens is 3. The quantitative estimate of drug-likeness (QED) is 0.503. The molecule has 1 aliphatic heterocycles. The van der Waals surface area contributed by atoms with Crippen molar-refractivity contribution in [1.29, 1.82) is 0 Å². The van der Waals surface area contributed by atoms with Crippen LogP contribution in [0, 0.1) is 5.92 Å². The molecular weight excluding hydrogens is 354 g/mol. The minimum absolute atomic E-state index is 0.169. The van der Waals surface area contributed by atoms with E-state index in [0.29, 0.717) is 10.9 Å². The Morgan fingerprint density at radius 3 is 3.04 bits per heavy atom. The molecule has 136 valence electrons. The number of piperidine rings is 1. The second kappa shape index (κ2) is 7.81. The third kappa shape index (κ3) is 3.69. The first kappa shape index (κ1) is 17.0. The van der Waals surface area contributed by atoms with Crippen molar-refractivity contribution in [3.05, 3.63) is 36.7 Å². The summed E-state index contributed by atoms with van der Waals surface area (Å²) in [6, 6.07) is 7.83. The predicted molar refractivity (Wildman–Crippen MR) is 99.0 cm³/mol. The molecule has 8 nitrogen and oxygen atoms in total. The summed E-state index contributed by atoms with van der Waals surface area (Å²) in [6.07, 6.45) is 5.17. The average molecular weight is 373 g/mol. The Morgan fingerprint density at radius 2 is 2.15 bits per heavy atom. The summed E-state index contributed by atoms with van der Waals surface area (Å²) in [5, 5.41) is 10.0. The van der Waals surface area contributed by atoms with E-state index in [-0.39, 0.29) is 18.4 Å². The number of benzene rings is 1. The Labute approximate surface area is 154 Å². The summed E-state index contributed by atoms with van der Waals surface area (Å²) >= 11 is 1.47. The fourth-order valence-corrected chi connectivity index (χ4v) is 3.80. The number of hydrogen-bond acceptors (Lipinski definition) is 9. The number of thiazole rings is 1. The topological polar surface area (TPSA) is 92.6 Å². The van der Waals surface area contributed by atoms with Crippen molar-refractivity contribution >= 4 is 32.5 Å². The molecule has 0 radical (unpaired) electrons. The molecule has 0 amide bonds. The normalized spacial score (nSPS) is 17.4. The third-order valence-corrected chi connectivity index (χ3v) is 5.20. The van der Waals surface area contributed by atoms with Gasteiger partial charge in [0.1, 0.15) is 0 Å². The number of aliphatic hydroxyl groups excluding tert-OH is 1. The van der Waals surface area contributed by atoms with E-state index in [1.54, 1.807) is 12.4 Å². The van der Waals surface area contributed by atoms with Crippen molar-refractivity contribution < 1.29 is 15.0 Å². The largest absolute Gasteiger partial charge is 0.396 e. The average Bonchev–Trinajstić information content (AvgIpc) is 3.11. The maximum absolute atomic E-state index is 9.42. The van der Waals surface area contributed by atoms with Gasteiger partial charge in [0.25, 0.3) is 0 Å². The number of nitrogens with zero attached hydrogens (tertiary/aromatic N) is 4. The van der Waals surface area contributed by atoms with Gasteiger partial charge in [-0.15, -0.1) is 0 Å². The minimum Gasteiger partial charge on any atom is -0.396 e. The lowest BCUT2D eigenvalue weighted by atomic mass is 9.99. The van der Waals surface area contributed by atoms with Gasteiger partial charge in [-0.25, -0.2) is 15.0 Å². The SMILES string of the molecule is OCC1CCCN(c2nccnc2OONc2nc3ccccc3s2)C1. The van der Waals surface area contributed by atoms with Gasteiger partial charge in [0, 0.05) is 32.1 Å². The van der Waals surface area contributed by atoms with Gasteiger partial charge in [-0.05, 0) is 30.9 Å². The van der Waals surface area contributed by atoms with Crippen LogP contribution in [0.3, 0.4) is 0 Å². The Balaban J connectivity index is 1.42. The van der Waals surface area contributed by atoms with Crippen molar-refractivity contribution in [3.63, 3.8) is 0 Å². The number of aliphatic hydroxyl groups is 1. The summed E-state index contributed by atoms with van der Waals surface area (Å²) in [7, 11) is 0. The van der Waals surface area contributed by atoms with Crippen molar-refractivity contribution in [3.8, 4) is 5.88 Å². The Kier molecular flexibility index (Phi) is 5.09. The van der Waals surface area contributed by atoms with Crippen molar-refractivity contribution in [2.75, 3.05) is 30.1 Å². The fourth-order valence-electron chi connectivity index (χ4n) is 3.01. The van der Waals surface area contributed by atoms with Crippen LogP contribution in [0.4, 0.5) is 10.9 Å². The van der Waals surface area contributed by atoms with Gasteiger partial charge in [-0.1, -0.05) is 28.5 Å². The Hall–Kier alpha value is -2.49. The van der Waals surface area contributed by atoms with Crippen LogP contribution in [-0.4, -0.2) is 39.8 Å². The molecule has 4 rings (SSSR count). The Morgan fingerprint density at radius 1 is 1.27 bits per heavy atom. The second-order valence-corrected chi connectivity index (χ2v) is 7.11. The number of fused-ring (bicyclic) bond motifs is 1. The first-order valence-electron chi connectivity index (χ1n) is 8.45. The van der Waals surface area contributed by atoms with Gasteiger partial charge in [0.05, 0.1) is 10.2 Å². The summed E-state index contributed by atoms with van der Waals surface area (Å²) in [4.78, 5) is 25.5. The van der Waals surface area contributed by atoms with E-state index in [9.17, 15) is 5.11 Å². The highest BCUT2D eigenvalue weighted by molar-refractivity contribution is 7.22. The second-order valence-electron chi connectivity index (χ2n) is 6.08. The maximum atomic E-state index is 9.42.